The van der Waals surface area contributed by atoms with Crippen LogP contribution in [0.3, 0.4) is 0 Å². The second-order valence-electron chi connectivity index (χ2n) is 21.4. The van der Waals surface area contributed by atoms with Crippen LogP contribution in [-0.4, -0.2) is 75.6 Å². The summed E-state index contributed by atoms with van der Waals surface area (Å²) in [5.41, 5.74) is 0. The molecule has 0 aromatic carbocycles. The van der Waals surface area contributed by atoms with E-state index in [0.29, 0.717) is 24.1 Å². The van der Waals surface area contributed by atoms with Crippen molar-refractivity contribution in [3.8, 4) is 0 Å². The summed E-state index contributed by atoms with van der Waals surface area (Å²) in [6, 6.07) is 0. The van der Waals surface area contributed by atoms with E-state index in [1.54, 1.807) is 0 Å². The van der Waals surface area contributed by atoms with Crippen molar-refractivity contribution < 1.29 is 37.3 Å². The molecule has 0 aromatic heterocycles. The van der Waals surface area contributed by atoms with E-state index < -0.39 is 13.9 Å². The van der Waals surface area contributed by atoms with Crippen LogP contribution in [-0.2, 0) is 27.9 Å². The highest BCUT2D eigenvalue weighted by atomic mass is 31.2. The van der Waals surface area contributed by atoms with Crippen LogP contribution in [0.25, 0.3) is 0 Å². The van der Waals surface area contributed by atoms with Gasteiger partial charge in [-0.3, -0.25) is 13.8 Å². The highest BCUT2D eigenvalue weighted by Gasteiger charge is 2.26. The molecule has 0 spiro atoms. The van der Waals surface area contributed by atoms with Crippen LogP contribution >= 0.6 is 7.82 Å². The Morgan fingerprint density at radius 3 is 1.19 bits per heavy atom. The quantitative estimate of drug-likeness (QED) is 0.0213. The van der Waals surface area contributed by atoms with Crippen LogP contribution in [0.4, 0.5) is 0 Å². The number of quaternary nitrogens is 1. The Balaban J connectivity index is 4.05. The fraction of sp³-hybridized carbons (Fsp3) is 0.883. The molecular formula is C60H117NO7P+. The molecule has 0 heterocycles. The Bertz CT molecular complexity index is 1200. The Labute approximate surface area is 429 Å². The fourth-order valence-corrected chi connectivity index (χ4v) is 9.36. The number of phosphoric acid groups is 1. The zero-order valence-electron chi connectivity index (χ0n) is 46.6. The van der Waals surface area contributed by atoms with Crippen molar-refractivity contribution in [2.45, 2.75) is 290 Å². The number of hydrogen-bond donors (Lipinski definition) is 1. The summed E-state index contributed by atoms with van der Waals surface area (Å²) in [5, 5.41) is 0. The Kier molecular flexibility index (Phi) is 52.0. The maximum atomic E-state index is 12.8. The molecule has 0 radical (unpaired) electrons. The van der Waals surface area contributed by atoms with Gasteiger partial charge in [0.05, 0.1) is 34.4 Å². The van der Waals surface area contributed by atoms with Gasteiger partial charge in [-0.2, -0.15) is 0 Å². The molecule has 0 aliphatic rings. The molecule has 0 amide bonds. The first-order valence-electron chi connectivity index (χ1n) is 29.7. The van der Waals surface area contributed by atoms with Crippen LogP contribution < -0.4 is 0 Å². The van der Waals surface area contributed by atoms with Crippen LogP contribution in [0.1, 0.15) is 284 Å². The molecule has 1 N–H and O–H groups in total. The minimum atomic E-state index is -4.28. The van der Waals surface area contributed by atoms with Crippen LogP contribution in [0, 0.1) is 0 Å². The first kappa shape index (κ1) is 67.7. The number of allylic oxidation sites excluding steroid dienone is 6. The molecule has 9 heteroatoms. The van der Waals surface area contributed by atoms with Crippen LogP contribution in [0.15, 0.2) is 36.5 Å². The van der Waals surface area contributed by atoms with E-state index in [9.17, 15) is 14.3 Å². The summed E-state index contributed by atoms with van der Waals surface area (Å²) in [7, 11) is 1.68. The van der Waals surface area contributed by atoms with Crippen molar-refractivity contribution in [2.75, 3.05) is 54.1 Å². The number of hydrogen-bond acceptors (Lipinski definition) is 6. The molecule has 0 saturated carbocycles. The monoisotopic (exact) mass is 995 g/mol. The lowest BCUT2D eigenvalue weighted by atomic mass is 10.0. The van der Waals surface area contributed by atoms with Crippen molar-refractivity contribution >= 4 is 13.8 Å². The summed E-state index contributed by atoms with van der Waals surface area (Å²) in [6.07, 6.45) is 66.4. The number of unbranched alkanes of at least 4 members (excludes halogenated alkanes) is 36. The van der Waals surface area contributed by atoms with Gasteiger partial charge in [0.25, 0.3) is 0 Å². The lowest BCUT2D eigenvalue weighted by Gasteiger charge is -2.24. The highest BCUT2D eigenvalue weighted by Crippen LogP contribution is 2.43. The topological polar surface area (TPSA) is 91.3 Å². The number of nitrogens with zero attached hydrogens (tertiary/aromatic N) is 1. The molecule has 0 fully saturated rings. The summed E-state index contributed by atoms with van der Waals surface area (Å²) in [5.74, 6) is -0.312. The number of likely N-dealkylation sites (N-methyl/N-ethyl adjacent to an activating group) is 1. The number of carbonyl (C=O) groups excluding carboxylic acids is 1. The van der Waals surface area contributed by atoms with E-state index in [1.165, 1.54) is 218 Å². The van der Waals surface area contributed by atoms with E-state index >= 15 is 0 Å². The van der Waals surface area contributed by atoms with E-state index in [2.05, 4.69) is 50.3 Å². The molecule has 0 aliphatic carbocycles. The van der Waals surface area contributed by atoms with E-state index in [4.69, 9.17) is 18.5 Å². The number of phosphoric ester groups is 1. The maximum absolute atomic E-state index is 12.8. The normalized spacial score (nSPS) is 13.7. The van der Waals surface area contributed by atoms with E-state index in [0.717, 1.165) is 44.9 Å². The fourth-order valence-electron chi connectivity index (χ4n) is 8.62. The number of esters is 1. The number of carbonyl (C=O) groups is 1. The van der Waals surface area contributed by atoms with Gasteiger partial charge in [0, 0.05) is 13.0 Å². The van der Waals surface area contributed by atoms with Crippen molar-refractivity contribution in [1.82, 2.24) is 0 Å². The zero-order valence-corrected chi connectivity index (χ0v) is 47.5. The van der Waals surface area contributed by atoms with E-state index in [-0.39, 0.29) is 25.8 Å². The zero-order chi connectivity index (χ0) is 50.5. The van der Waals surface area contributed by atoms with Gasteiger partial charge in [-0.25, -0.2) is 4.57 Å². The van der Waals surface area contributed by atoms with Gasteiger partial charge in [-0.15, -0.1) is 0 Å². The Hall–Kier alpha value is -1.28. The molecule has 408 valence electrons. The summed E-state index contributed by atoms with van der Waals surface area (Å²) in [6.45, 7) is 5.67. The third-order valence-electron chi connectivity index (χ3n) is 13.2. The predicted octanol–water partition coefficient (Wildman–Crippen LogP) is 18.8. The Morgan fingerprint density at radius 1 is 0.449 bits per heavy atom. The molecule has 2 atom stereocenters. The SMILES string of the molecule is CCCCCCC/C=C\C/C=C\C/C=C\CCCCCCCCCCCCC(=O)OC(COCCCCCCCCCCCCCCCCCCCCCCCC)COP(=O)(O)OCC[N+](C)(C)C. The van der Waals surface area contributed by atoms with Gasteiger partial charge in [0.15, 0.2) is 0 Å². The molecule has 0 rings (SSSR count). The lowest BCUT2D eigenvalue weighted by molar-refractivity contribution is -0.870. The van der Waals surface area contributed by atoms with Gasteiger partial charge in [-0.1, -0.05) is 262 Å². The third-order valence-corrected chi connectivity index (χ3v) is 14.2. The van der Waals surface area contributed by atoms with Crippen molar-refractivity contribution in [3.05, 3.63) is 36.5 Å². The highest BCUT2D eigenvalue weighted by molar-refractivity contribution is 7.47. The minimum Gasteiger partial charge on any atom is -0.457 e. The summed E-state index contributed by atoms with van der Waals surface area (Å²) >= 11 is 0. The van der Waals surface area contributed by atoms with Crippen molar-refractivity contribution in [2.24, 2.45) is 0 Å². The maximum Gasteiger partial charge on any atom is 0.472 e. The van der Waals surface area contributed by atoms with Crippen molar-refractivity contribution in [1.29, 1.82) is 0 Å². The largest absolute Gasteiger partial charge is 0.472 e. The number of rotatable bonds is 56. The van der Waals surface area contributed by atoms with Crippen LogP contribution in [0.5, 0.6) is 0 Å². The van der Waals surface area contributed by atoms with Crippen LogP contribution in [0.2, 0.25) is 0 Å². The molecule has 2 unspecified atom stereocenters. The smallest absolute Gasteiger partial charge is 0.457 e. The summed E-state index contributed by atoms with van der Waals surface area (Å²) in [4.78, 5) is 23.1. The lowest BCUT2D eigenvalue weighted by Crippen LogP contribution is -2.37. The summed E-state index contributed by atoms with van der Waals surface area (Å²) < 4.78 is 35.3. The first-order valence-corrected chi connectivity index (χ1v) is 31.2. The number of ether oxygens (including phenoxy) is 2. The molecule has 8 nitrogen and oxygen atoms in total. The second kappa shape index (κ2) is 53.0. The van der Waals surface area contributed by atoms with Gasteiger partial charge in [0.1, 0.15) is 19.3 Å². The molecular weight excluding hydrogens is 878 g/mol. The van der Waals surface area contributed by atoms with Gasteiger partial charge < -0.3 is 18.9 Å². The molecule has 0 bridgehead atoms. The Morgan fingerprint density at radius 2 is 0.797 bits per heavy atom. The standard InChI is InChI=1S/C60H116NO7P/c1-6-8-10-12-14-16-18-20-22-24-26-28-30-31-32-33-35-37-39-41-43-45-47-49-51-53-60(62)68-59(58-67-69(63,64)66-56-54-61(3,4)5)57-65-55-52-50-48-46-44-42-40-38-36-34-29-27-25-23-21-19-17-15-13-11-9-7-2/h18,20,24,26,30-31,59H,6-17,19,21-23,25,27-29,32-58H2,1-5H3/p+1/b20-18-,26-24-,31-30-. The van der Waals surface area contributed by atoms with Gasteiger partial charge >= 0.3 is 13.8 Å². The first-order chi connectivity index (χ1) is 33.6. The predicted molar refractivity (Wildman–Crippen MR) is 298 cm³/mol. The van der Waals surface area contributed by atoms with Gasteiger partial charge in [0.2, 0.25) is 0 Å². The van der Waals surface area contributed by atoms with Gasteiger partial charge in [-0.05, 0) is 51.4 Å². The second-order valence-corrected chi connectivity index (χ2v) is 22.8. The third kappa shape index (κ3) is 57.5. The molecule has 0 aromatic rings. The average molecular weight is 996 g/mol. The molecule has 0 aliphatic heterocycles. The molecule has 69 heavy (non-hydrogen) atoms. The molecule has 0 saturated heterocycles. The minimum absolute atomic E-state index is 0.0894. The average Bonchev–Trinajstić information content (AvgIpc) is 3.31. The van der Waals surface area contributed by atoms with Crippen molar-refractivity contribution in [3.63, 3.8) is 0 Å². The van der Waals surface area contributed by atoms with E-state index in [1.807, 2.05) is 21.1 Å².